The predicted molar refractivity (Wildman–Crippen MR) is 96.5 cm³/mol. The van der Waals surface area contributed by atoms with E-state index >= 15 is 0 Å². The number of nitrogens with zero attached hydrogens (tertiary/aromatic N) is 3. The van der Waals surface area contributed by atoms with E-state index < -0.39 is 0 Å². The summed E-state index contributed by atoms with van der Waals surface area (Å²) >= 11 is 0. The van der Waals surface area contributed by atoms with Crippen LogP contribution in [0, 0.1) is 6.92 Å². The van der Waals surface area contributed by atoms with E-state index in [9.17, 15) is 0 Å². The molecule has 3 rings (SSSR count). The van der Waals surface area contributed by atoms with E-state index in [0.717, 1.165) is 38.3 Å². The summed E-state index contributed by atoms with van der Waals surface area (Å²) in [4.78, 5) is 10.6. The standard InChI is InChI=1S/C19H26N4O2/c1-15-4-3-5-16(8-15)12-23-6-7-25-18(13-23)11-20-9-17-10-21-14-22-19(17)24-2/h3-5,8,10,14,18,20H,6-7,9,11-13H2,1-2H3. The molecule has 6 heteroatoms. The summed E-state index contributed by atoms with van der Waals surface area (Å²) in [7, 11) is 1.62. The van der Waals surface area contributed by atoms with Gasteiger partial charge in [-0.1, -0.05) is 29.8 Å². The van der Waals surface area contributed by atoms with Crippen LogP contribution in [-0.2, 0) is 17.8 Å². The molecule has 0 bridgehead atoms. The monoisotopic (exact) mass is 342 g/mol. The van der Waals surface area contributed by atoms with Gasteiger partial charge >= 0.3 is 0 Å². The van der Waals surface area contributed by atoms with E-state index in [-0.39, 0.29) is 6.10 Å². The van der Waals surface area contributed by atoms with Crippen molar-refractivity contribution in [1.29, 1.82) is 0 Å². The molecule has 134 valence electrons. The molecule has 2 heterocycles. The molecule has 1 aliphatic heterocycles. The molecule has 1 aliphatic rings. The molecule has 6 nitrogen and oxygen atoms in total. The van der Waals surface area contributed by atoms with Gasteiger partial charge in [-0.2, -0.15) is 0 Å². The molecule has 1 aromatic heterocycles. The van der Waals surface area contributed by atoms with Crippen LogP contribution in [0.5, 0.6) is 5.88 Å². The number of aromatic nitrogens is 2. The number of morpholine rings is 1. The summed E-state index contributed by atoms with van der Waals surface area (Å²) in [5.41, 5.74) is 3.63. The third kappa shape index (κ3) is 5.22. The minimum atomic E-state index is 0.189. The van der Waals surface area contributed by atoms with Crippen molar-refractivity contribution in [2.45, 2.75) is 26.1 Å². The van der Waals surface area contributed by atoms with Gasteiger partial charge in [-0.05, 0) is 12.5 Å². The van der Waals surface area contributed by atoms with Crippen LogP contribution < -0.4 is 10.1 Å². The van der Waals surface area contributed by atoms with Gasteiger partial charge in [-0.15, -0.1) is 0 Å². The van der Waals surface area contributed by atoms with E-state index in [1.54, 1.807) is 13.3 Å². The fraction of sp³-hybridized carbons (Fsp3) is 0.474. The van der Waals surface area contributed by atoms with E-state index in [1.165, 1.54) is 17.5 Å². The van der Waals surface area contributed by atoms with Crippen molar-refractivity contribution < 1.29 is 9.47 Å². The lowest BCUT2D eigenvalue weighted by molar-refractivity contribution is -0.0300. The normalized spacial score (nSPS) is 18.2. The highest BCUT2D eigenvalue weighted by Gasteiger charge is 2.20. The number of aryl methyl sites for hydroxylation is 1. The highest BCUT2D eigenvalue weighted by atomic mass is 16.5. The van der Waals surface area contributed by atoms with Gasteiger partial charge in [0.05, 0.1) is 19.8 Å². The quantitative estimate of drug-likeness (QED) is 0.828. The molecule has 1 unspecified atom stereocenters. The maximum atomic E-state index is 5.90. The molecule has 1 fully saturated rings. The van der Waals surface area contributed by atoms with Gasteiger partial charge < -0.3 is 14.8 Å². The fourth-order valence-electron chi connectivity index (χ4n) is 3.14. The summed E-state index contributed by atoms with van der Waals surface area (Å²) in [5.74, 6) is 0.619. The zero-order valence-electron chi connectivity index (χ0n) is 14.9. The lowest BCUT2D eigenvalue weighted by Crippen LogP contribution is -2.46. The van der Waals surface area contributed by atoms with Crippen LogP contribution in [0.25, 0.3) is 0 Å². The first-order chi connectivity index (χ1) is 12.2. The number of hydrogen-bond acceptors (Lipinski definition) is 6. The maximum Gasteiger partial charge on any atom is 0.220 e. The Balaban J connectivity index is 1.47. The molecule has 1 aromatic carbocycles. The number of rotatable bonds is 7. The van der Waals surface area contributed by atoms with E-state index in [4.69, 9.17) is 9.47 Å². The SMILES string of the molecule is COc1ncncc1CNCC1CN(Cc2cccc(C)c2)CCO1. The number of methoxy groups -OCH3 is 1. The van der Waals surface area contributed by atoms with Crippen molar-refractivity contribution >= 4 is 0 Å². The Hall–Kier alpha value is -2.02. The van der Waals surface area contributed by atoms with Gasteiger partial charge in [-0.3, -0.25) is 4.90 Å². The molecule has 1 N–H and O–H groups in total. The minimum absolute atomic E-state index is 0.189. The summed E-state index contributed by atoms with van der Waals surface area (Å²) in [6, 6.07) is 8.71. The third-order valence-corrected chi connectivity index (χ3v) is 4.34. The molecule has 1 atom stereocenters. The van der Waals surface area contributed by atoms with Crippen LogP contribution in [-0.4, -0.2) is 54.3 Å². The Morgan fingerprint density at radius 3 is 3.16 bits per heavy atom. The molecule has 25 heavy (non-hydrogen) atoms. The second-order valence-electron chi connectivity index (χ2n) is 6.41. The number of hydrogen-bond donors (Lipinski definition) is 1. The lowest BCUT2D eigenvalue weighted by atomic mass is 10.1. The van der Waals surface area contributed by atoms with E-state index in [1.807, 2.05) is 0 Å². The van der Waals surface area contributed by atoms with Crippen molar-refractivity contribution in [3.8, 4) is 5.88 Å². The average Bonchev–Trinajstić information content (AvgIpc) is 2.62. The second-order valence-corrected chi connectivity index (χ2v) is 6.41. The molecule has 0 amide bonds. The summed E-state index contributed by atoms with van der Waals surface area (Å²) in [6.07, 6.45) is 3.47. The highest BCUT2D eigenvalue weighted by Crippen LogP contribution is 2.13. The third-order valence-electron chi connectivity index (χ3n) is 4.34. The first-order valence-corrected chi connectivity index (χ1v) is 8.67. The topological polar surface area (TPSA) is 59.5 Å². The van der Waals surface area contributed by atoms with Gasteiger partial charge in [0.2, 0.25) is 5.88 Å². The zero-order chi connectivity index (χ0) is 17.5. The van der Waals surface area contributed by atoms with Gasteiger partial charge in [-0.25, -0.2) is 9.97 Å². The zero-order valence-corrected chi connectivity index (χ0v) is 14.9. The molecule has 0 saturated carbocycles. The Bertz CT molecular complexity index is 680. The number of benzene rings is 1. The maximum absolute atomic E-state index is 5.90. The Labute approximate surface area is 149 Å². The summed E-state index contributed by atoms with van der Waals surface area (Å²) in [5, 5.41) is 3.43. The van der Waals surface area contributed by atoms with Crippen LogP contribution in [0.3, 0.4) is 0 Å². The van der Waals surface area contributed by atoms with Gasteiger partial charge in [0.15, 0.2) is 0 Å². The average molecular weight is 342 g/mol. The summed E-state index contributed by atoms with van der Waals surface area (Å²) < 4.78 is 11.1. The molecule has 0 spiro atoms. The smallest absolute Gasteiger partial charge is 0.220 e. The van der Waals surface area contributed by atoms with Crippen molar-refractivity contribution in [3.05, 3.63) is 53.5 Å². The number of nitrogens with one attached hydrogen (secondary N) is 1. The molecule has 0 aliphatic carbocycles. The Morgan fingerprint density at radius 2 is 2.32 bits per heavy atom. The van der Waals surface area contributed by atoms with Crippen LogP contribution in [0.15, 0.2) is 36.8 Å². The largest absolute Gasteiger partial charge is 0.481 e. The van der Waals surface area contributed by atoms with Crippen molar-refractivity contribution in [1.82, 2.24) is 20.2 Å². The van der Waals surface area contributed by atoms with Crippen LogP contribution in [0.2, 0.25) is 0 Å². The van der Waals surface area contributed by atoms with Gasteiger partial charge in [0.25, 0.3) is 0 Å². The second kappa shape index (κ2) is 8.89. The van der Waals surface area contributed by atoms with E-state index in [0.29, 0.717) is 12.4 Å². The van der Waals surface area contributed by atoms with Gasteiger partial charge in [0, 0.05) is 44.5 Å². The van der Waals surface area contributed by atoms with Crippen LogP contribution >= 0.6 is 0 Å². The minimum Gasteiger partial charge on any atom is -0.481 e. The molecular weight excluding hydrogens is 316 g/mol. The lowest BCUT2D eigenvalue weighted by Gasteiger charge is -2.33. The number of ether oxygens (including phenoxy) is 2. The van der Waals surface area contributed by atoms with E-state index in [2.05, 4.69) is 51.4 Å². The van der Waals surface area contributed by atoms with Crippen molar-refractivity contribution in [2.24, 2.45) is 0 Å². The Morgan fingerprint density at radius 1 is 1.40 bits per heavy atom. The first-order valence-electron chi connectivity index (χ1n) is 8.67. The molecule has 2 aromatic rings. The van der Waals surface area contributed by atoms with Crippen LogP contribution in [0.1, 0.15) is 16.7 Å². The molecular formula is C19H26N4O2. The fourth-order valence-corrected chi connectivity index (χ4v) is 3.14. The predicted octanol–water partition coefficient (Wildman–Crippen LogP) is 1.78. The highest BCUT2D eigenvalue weighted by molar-refractivity contribution is 5.22. The van der Waals surface area contributed by atoms with Crippen molar-refractivity contribution in [3.63, 3.8) is 0 Å². The van der Waals surface area contributed by atoms with Gasteiger partial charge in [0.1, 0.15) is 6.33 Å². The summed E-state index contributed by atoms with van der Waals surface area (Å²) in [6.45, 7) is 7.26. The molecule has 1 saturated heterocycles. The Kier molecular flexibility index (Phi) is 6.33. The first kappa shape index (κ1) is 17.8. The molecule has 0 radical (unpaired) electrons. The van der Waals surface area contributed by atoms with Crippen LogP contribution in [0.4, 0.5) is 0 Å². The van der Waals surface area contributed by atoms with Crippen molar-refractivity contribution in [2.75, 3.05) is 33.4 Å².